The summed E-state index contributed by atoms with van der Waals surface area (Å²) in [6.07, 6.45) is 0. The standard InChI is InChI=1S/C11H10N4O2S2/c16-8(17)6-15(7-4-2-1-3-5-7)9-12-10(18)14-11(19)13-9/h1-5H,6H2,(H,16,17)(H2,12,13,14,18,19). The number of carbonyl (C=O) groups is 1. The zero-order chi connectivity index (χ0) is 13.8. The second-order valence-corrected chi connectivity index (χ2v) is 4.43. The van der Waals surface area contributed by atoms with Crippen LogP contribution in [0.15, 0.2) is 30.3 Å². The van der Waals surface area contributed by atoms with Crippen LogP contribution in [-0.2, 0) is 4.79 Å². The van der Waals surface area contributed by atoms with Gasteiger partial charge in [0.1, 0.15) is 6.54 Å². The minimum absolute atomic E-state index is 0.199. The molecule has 0 aliphatic carbocycles. The van der Waals surface area contributed by atoms with Gasteiger partial charge in [-0.25, -0.2) is 0 Å². The first-order valence-corrected chi connectivity index (χ1v) is 6.13. The molecular weight excluding hydrogens is 284 g/mol. The predicted octanol–water partition coefficient (Wildman–Crippen LogP) is 2.42. The Morgan fingerprint density at radius 1 is 1.26 bits per heavy atom. The lowest BCUT2D eigenvalue weighted by Gasteiger charge is -2.20. The number of carboxylic acids is 1. The fourth-order valence-electron chi connectivity index (χ4n) is 1.54. The Bertz CT molecular complexity index is 667. The summed E-state index contributed by atoms with van der Waals surface area (Å²) < 4.78 is 0.492. The Labute approximate surface area is 118 Å². The van der Waals surface area contributed by atoms with Gasteiger partial charge in [-0.05, 0) is 36.6 Å². The van der Waals surface area contributed by atoms with E-state index in [1.54, 1.807) is 12.1 Å². The molecule has 0 aliphatic heterocycles. The first-order valence-electron chi connectivity index (χ1n) is 5.31. The smallest absolute Gasteiger partial charge is 0.323 e. The summed E-state index contributed by atoms with van der Waals surface area (Å²) in [6.45, 7) is -0.249. The van der Waals surface area contributed by atoms with E-state index in [-0.39, 0.29) is 11.3 Å². The van der Waals surface area contributed by atoms with Gasteiger partial charge in [0.05, 0.1) is 0 Å². The number of aromatic amines is 2. The van der Waals surface area contributed by atoms with Crippen molar-refractivity contribution in [1.29, 1.82) is 0 Å². The molecule has 19 heavy (non-hydrogen) atoms. The lowest BCUT2D eigenvalue weighted by atomic mass is 10.3. The van der Waals surface area contributed by atoms with Crippen LogP contribution in [0.4, 0.5) is 11.6 Å². The third kappa shape index (κ3) is 3.46. The molecule has 2 aromatic rings. The van der Waals surface area contributed by atoms with Crippen molar-refractivity contribution in [2.75, 3.05) is 11.4 Å². The number of aromatic nitrogens is 3. The van der Waals surface area contributed by atoms with Gasteiger partial charge < -0.3 is 20.0 Å². The fraction of sp³-hybridized carbons (Fsp3) is 0.0909. The summed E-state index contributed by atoms with van der Waals surface area (Å²) in [4.78, 5) is 22.0. The molecule has 0 saturated carbocycles. The third-order valence-electron chi connectivity index (χ3n) is 2.27. The Morgan fingerprint density at radius 3 is 2.53 bits per heavy atom. The lowest BCUT2D eigenvalue weighted by molar-refractivity contribution is -0.135. The number of rotatable bonds is 4. The molecule has 2 rings (SSSR count). The van der Waals surface area contributed by atoms with Gasteiger partial charge in [0.2, 0.25) is 10.7 Å². The molecule has 1 aromatic carbocycles. The van der Waals surface area contributed by atoms with Gasteiger partial charge in [0.15, 0.2) is 4.77 Å². The first-order chi connectivity index (χ1) is 9.06. The molecule has 3 N–H and O–H groups in total. The molecule has 0 bridgehead atoms. The van der Waals surface area contributed by atoms with Crippen molar-refractivity contribution in [2.24, 2.45) is 0 Å². The maximum atomic E-state index is 11.0. The van der Waals surface area contributed by atoms with Crippen molar-refractivity contribution in [1.82, 2.24) is 15.0 Å². The van der Waals surface area contributed by atoms with Gasteiger partial charge in [0.25, 0.3) is 0 Å². The molecule has 1 aromatic heterocycles. The monoisotopic (exact) mass is 294 g/mol. The van der Waals surface area contributed by atoms with E-state index in [2.05, 4.69) is 15.0 Å². The van der Waals surface area contributed by atoms with Crippen LogP contribution in [0.1, 0.15) is 0 Å². The normalized spacial score (nSPS) is 10.1. The molecule has 0 aliphatic rings. The van der Waals surface area contributed by atoms with Crippen molar-refractivity contribution < 1.29 is 9.90 Å². The minimum Gasteiger partial charge on any atom is -0.480 e. The quantitative estimate of drug-likeness (QED) is 0.751. The minimum atomic E-state index is -0.983. The number of benzene rings is 1. The van der Waals surface area contributed by atoms with E-state index in [0.29, 0.717) is 16.4 Å². The van der Waals surface area contributed by atoms with Crippen LogP contribution >= 0.6 is 24.4 Å². The lowest BCUT2D eigenvalue weighted by Crippen LogP contribution is -2.26. The molecule has 0 amide bonds. The van der Waals surface area contributed by atoms with Crippen LogP contribution in [0, 0.1) is 9.54 Å². The second-order valence-electron chi connectivity index (χ2n) is 3.64. The number of hydrogen-bond acceptors (Lipinski definition) is 5. The highest BCUT2D eigenvalue weighted by atomic mass is 32.1. The maximum absolute atomic E-state index is 11.0. The van der Waals surface area contributed by atoms with Gasteiger partial charge in [-0.1, -0.05) is 18.2 Å². The Morgan fingerprint density at radius 2 is 1.95 bits per heavy atom. The molecule has 0 spiro atoms. The molecule has 8 heteroatoms. The van der Waals surface area contributed by atoms with E-state index in [0.717, 1.165) is 0 Å². The van der Waals surface area contributed by atoms with Crippen molar-refractivity contribution in [3.8, 4) is 0 Å². The van der Waals surface area contributed by atoms with E-state index in [1.165, 1.54) is 4.90 Å². The van der Waals surface area contributed by atoms with Gasteiger partial charge in [-0.3, -0.25) is 4.79 Å². The molecule has 1 heterocycles. The number of anilines is 2. The Hall–Kier alpha value is -2.06. The van der Waals surface area contributed by atoms with Crippen LogP contribution in [0.5, 0.6) is 0 Å². The SMILES string of the molecule is O=C(O)CN(c1ccccc1)c1nc(=S)[nH]c(=S)[nH]1. The zero-order valence-electron chi connectivity index (χ0n) is 9.66. The van der Waals surface area contributed by atoms with E-state index in [1.807, 2.05) is 18.2 Å². The van der Waals surface area contributed by atoms with E-state index in [4.69, 9.17) is 29.5 Å². The van der Waals surface area contributed by atoms with Gasteiger partial charge in [-0.15, -0.1) is 0 Å². The number of para-hydroxylation sites is 1. The molecule has 0 unspecified atom stereocenters. The number of nitrogens with zero attached hydrogens (tertiary/aromatic N) is 2. The average molecular weight is 294 g/mol. The number of aliphatic carboxylic acids is 1. The summed E-state index contributed by atoms with van der Waals surface area (Å²) in [5.74, 6) is -0.689. The molecular formula is C11H10N4O2S2. The second kappa shape index (κ2) is 5.72. The fourth-order valence-corrected chi connectivity index (χ4v) is 1.98. The molecule has 98 valence electrons. The Balaban J connectivity index is 2.51. The van der Waals surface area contributed by atoms with E-state index < -0.39 is 5.97 Å². The van der Waals surface area contributed by atoms with Crippen molar-refractivity contribution >= 4 is 42.0 Å². The third-order valence-corrected chi connectivity index (χ3v) is 2.67. The van der Waals surface area contributed by atoms with Gasteiger partial charge in [-0.2, -0.15) is 4.98 Å². The van der Waals surface area contributed by atoms with E-state index in [9.17, 15) is 4.79 Å². The number of carboxylic acid groups (broad SMARTS) is 1. The van der Waals surface area contributed by atoms with Gasteiger partial charge in [0, 0.05) is 5.69 Å². The molecule has 0 fully saturated rings. The summed E-state index contributed by atoms with van der Waals surface area (Å²) in [5.41, 5.74) is 0.684. The van der Waals surface area contributed by atoms with Crippen LogP contribution < -0.4 is 4.90 Å². The zero-order valence-corrected chi connectivity index (χ0v) is 11.3. The number of hydrogen-bond donors (Lipinski definition) is 3. The summed E-state index contributed by atoms with van der Waals surface area (Å²) in [5, 5.41) is 9.00. The van der Waals surface area contributed by atoms with E-state index >= 15 is 0 Å². The highest BCUT2D eigenvalue weighted by molar-refractivity contribution is 7.71. The topological polar surface area (TPSA) is 85.0 Å². The summed E-state index contributed by atoms with van der Waals surface area (Å²) >= 11 is 9.92. The highest BCUT2D eigenvalue weighted by Crippen LogP contribution is 2.20. The molecule has 0 saturated heterocycles. The van der Waals surface area contributed by atoms with Crippen molar-refractivity contribution in [2.45, 2.75) is 0 Å². The van der Waals surface area contributed by atoms with Crippen molar-refractivity contribution in [3.63, 3.8) is 0 Å². The van der Waals surface area contributed by atoms with Crippen LogP contribution in [-0.4, -0.2) is 32.6 Å². The summed E-state index contributed by atoms with van der Waals surface area (Å²) in [6, 6.07) is 9.02. The maximum Gasteiger partial charge on any atom is 0.323 e. The number of nitrogens with one attached hydrogen (secondary N) is 2. The van der Waals surface area contributed by atoms with Crippen molar-refractivity contribution in [3.05, 3.63) is 39.9 Å². The Kier molecular flexibility index (Phi) is 4.03. The molecule has 0 radical (unpaired) electrons. The predicted molar refractivity (Wildman–Crippen MR) is 75.7 cm³/mol. The molecule has 0 atom stereocenters. The first kappa shape index (κ1) is 13.4. The summed E-state index contributed by atoms with van der Waals surface area (Å²) in [7, 11) is 0. The average Bonchev–Trinajstić information content (AvgIpc) is 2.35. The molecule has 6 nitrogen and oxygen atoms in total. The highest BCUT2D eigenvalue weighted by Gasteiger charge is 2.14. The van der Waals surface area contributed by atoms with Crippen LogP contribution in [0.25, 0.3) is 0 Å². The largest absolute Gasteiger partial charge is 0.480 e. The van der Waals surface area contributed by atoms with Crippen LogP contribution in [0.3, 0.4) is 0 Å². The number of H-pyrrole nitrogens is 2. The van der Waals surface area contributed by atoms with Crippen LogP contribution in [0.2, 0.25) is 0 Å². The van der Waals surface area contributed by atoms with Gasteiger partial charge >= 0.3 is 5.97 Å².